The van der Waals surface area contributed by atoms with Crippen LogP contribution in [0.4, 0.5) is 0 Å². The molecule has 0 atom stereocenters. The molecule has 108 valence electrons. The molecule has 0 bridgehead atoms. The summed E-state index contributed by atoms with van der Waals surface area (Å²) >= 11 is 9.36. The van der Waals surface area contributed by atoms with E-state index in [1.807, 2.05) is 22.9 Å². The van der Waals surface area contributed by atoms with Crippen LogP contribution in [0.15, 0.2) is 28.7 Å². The summed E-state index contributed by atoms with van der Waals surface area (Å²) in [4.78, 5) is 0. The van der Waals surface area contributed by atoms with Gasteiger partial charge in [0.1, 0.15) is 12.4 Å². The highest BCUT2D eigenvalue weighted by molar-refractivity contribution is 9.10. The minimum absolute atomic E-state index is 0.463. The second kappa shape index (κ2) is 7.14. The molecule has 0 N–H and O–H groups in total. The molecule has 5 heteroatoms. The number of hydrogen-bond donors (Lipinski definition) is 0. The zero-order valence-electron chi connectivity index (χ0n) is 11.7. The minimum Gasteiger partial charge on any atom is -0.487 e. The van der Waals surface area contributed by atoms with Crippen LogP contribution < -0.4 is 4.74 Å². The Hall–Kier alpha value is -1.00. The van der Waals surface area contributed by atoms with Crippen LogP contribution in [0.25, 0.3) is 0 Å². The second-order valence-corrected chi connectivity index (χ2v) is 5.59. The zero-order chi connectivity index (χ0) is 14.5. The van der Waals surface area contributed by atoms with Gasteiger partial charge in [-0.05, 0) is 43.2 Å². The number of aromatic nitrogens is 2. The lowest BCUT2D eigenvalue weighted by Crippen LogP contribution is -2.06. The van der Waals surface area contributed by atoms with Gasteiger partial charge in [-0.25, -0.2) is 0 Å². The van der Waals surface area contributed by atoms with Gasteiger partial charge in [0.15, 0.2) is 0 Å². The fourth-order valence-corrected chi connectivity index (χ4v) is 2.75. The Morgan fingerprint density at radius 2 is 2.10 bits per heavy atom. The first-order valence-corrected chi connectivity index (χ1v) is 8.03. The van der Waals surface area contributed by atoms with Crippen LogP contribution in [-0.2, 0) is 25.5 Å². The summed E-state index contributed by atoms with van der Waals surface area (Å²) in [5.41, 5.74) is 3.23. The lowest BCUT2D eigenvalue weighted by atomic mass is 10.2. The number of rotatable bonds is 6. The SMILES string of the molecule is CCc1cc(COc2ccc(Br)c(CCl)c2)n(CC)n1. The third kappa shape index (κ3) is 3.55. The zero-order valence-corrected chi connectivity index (χ0v) is 14.0. The predicted octanol–water partition coefficient (Wildman–Crippen LogP) is 4.55. The summed E-state index contributed by atoms with van der Waals surface area (Å²) in [6.45, 7) is 5.56. The molecule has 1 aromatic carbocycles. The van der Waals surface area contributed by atoms with Crippen molar-refractivity contribution >= 4 is 27.5 Å². The van der Waals surface area contributed by atoms with Gasteiger partial charge in [0.05, 0.1) is 11.4 Å². The topological polar surface area (TPSA) is 27.1 Å². The smallest absolute Gasteiger partial charge is 0.130 e. The van der Waals surface area contributed by atoms with Crippen LogP contribution in [0.1, 0.15) is 30.8 Å². The standard InChI is InChI=1S/C15H18BrClN2O/c1-3-12-8-13(19(4-2)18-12)10-20-14-5-6-15(16)11(7-14)9-17/h5-8H,3-4,9-10H2,1-2H3. The fourth-order valence-electron chi connectivity index (χ4n) is 1.98. The lowest BCUT2D eigenvalue weighted by molar-refractivity contribution is 0.292. The number of nitrogens with zero attached hydrogens (tertiary/aromatic N) is 2. The van der Waals surface area contributed by atoms with Crippen molar-refractivity contribution in [1.29, 1.82) is 0 Å². The first-order chi connectivity index (χ1) is 9.67. The summed E-state index contributed by atoms with van der Waals surface area (Å²) in [5, 5.41) is 4.52. The largest absolute Gasteiger partial charge is 0.487 e. The molecule has 1 aromatic heterocycles. The average molecular weight is 358 g/mol. The van der Waals surface area contributed by atoms with Gasteiger partial charge in [-0.2, -0.15) is 5.10 Å². The molecule has 20 heavy (non-hydrogen) atoms. The van der Waals surface area contributed by atoms with E-state index in [9.17, 15) is 0 Å². The highest BCUT2D eigenvalue weighted by Crippen LogP contribution is 2.24. The van der Waals surface area contributed by atoms with Crippen molar-refractivity contribution < 1.29 is 4.74 Å². The van der Waals surface area contributed by atoms with E-state index >= 15 is 0 Å². The van der Waals surface area contributed by atoms with Crippen LogP contribution in [0, 0.1) is 0 Å². The highest BCUT2D eigenvalue weighted by atomic mass is 79.9. The Morgan fingerprint density at radius 3 is 2.75 bits per heavy atom. The van der Waals surface area contributed by atoms with Gasteiger partial charge >= 0.3 is 0 Å². The van der Waals surface area contributed by atoms with Crippen molar-refractivity contribution in [1.82, 2.24) is 9.78 Å². The molecule has 0 spiro atoms. The third-order valence-corrected chi connectivity index (χ3v) is 4.19. The molecule has 0 amide bonds. The number of ether oxygens (including phenoxy) is 1. The van der Waals surface area contributed by atoms with E-state index in [4.69, 9.17) is 16.3 Å². The Bertz CT molecular complexity index is 583. The molecule has 0 aliphatic carbocycles. The number of halogens is 2. The van der Waals surface area contributed by atoms with E-state index < -0.39 is 0 Å². The molecule has 2 rings (SSSR count). The number of aryl methyl sites for hydroxylation is 2. The van der Waals surface area contributed by atoms with Gasteiger partial charge in [0.2, 0.25) is 0 Å². The van der Waals surface area contributed by atoms with Crippen LogP contribution in [0.2, 0.25) is 0 Å². The lowest BCUT2D eigenvalue weighted by Gasteiger charge is -2.09. The number of benzene rings is 1. The van der Waals surface area contributed by atoms with E-state index in [0.717, 1.165) is 40.1 Å². The summed E-state index contributed by atoms with van der Waals surface area (Å²) in [7, 11) is 0. The summed E-state index contributed by atoms with van der Waals surface area (Å²) in [6, 6.07) is 7.96. The maximum absolute atomic E-state index is 5.89. The van der Waals surface area contributed by atoms with Gasteiger partial charge in [0, 0.05) is 16.9 Å². The van der Waals surface area contributed by atoms with Crippen molar-refractivity contribution in [2.75, 3.05) is 0 Å². The Labute approximate surface area is 133 Å². The molecular weight excluding hydrogens is 340 g/mol. The molecule has 1 heterocycles. The van der Waals surface area contributed by atoms with Gasteiger partial charge in [-0.1, -0.05) is 22.9 Å². The number of hydrogen-bond acceptors (Lipinski definition) is 2. The normalized spacial score (nSPS) is 10.8. The van der Waals surface area contributed by atoms with E-state index in [2.05, 4.69) is 40.9 Å². The van der Waals surface area contributed by atoms with E-state index in [0.29, 0.717) is 12.5 Å². The first-order valence-electron chi connectivity index (χ1n) is 6.70. The van der Waals surface area contributed by atoms with Crippen LogP contribution in [0.3, 0.4) is 0 Å². The van der Waals surface area contributed by atoms with Crippen LogP contribution >= 0.6 is 27.5 Å². The molecule has 0 saturated heterocycles. The predicted molar refractivity (Wildman–Crippen MR) is 85.3 cm³/mol. The number of alkyl halides is 1. The maximum atomic E-state index is 5.89. The van der Waals surface area contributed by atoms with Gasteiger partial charge in [-0.15, -0.1) is 11.6 Å². The molecule has 0 aliphatic rings. The Kier molecular flexibility index (Phi) is 5.49. The molecule has 0 fully saturated rings. The van der Waals surface area contributed by atoms with Crippen molar-refractivity contribution in [2.45, 2.75) is 39.3 Å². The Morgan fingerprint density at radius 1 is 1.30 bits per heavy atom. The molecule has 3 nitrogen and oxygen atoms in total. The molecule has 0 radical (unpaired) electrons. The molecule has 0 saturated carbocycles. The fraction of sp³-hybridized carbons (Fsp3) is 0.400. The molecule has 2 aromatic rings. The Balaban J connectivity index is 2.10. The summed E-state index contributed by atoms with van der Waals surface area (Å²) in [5.74, 6) is 1.29. The van der Waals surface area contributed by atoms with Crippen molar-refractivity contribution in [3.8, 4) is 5.75 Å². The van der Waals surface area contributed by atoms with Crippen LogP contribution in [-0.4, -0.2) is 9.78 Å². The summed E-state index contributed by atoms with van der Waals surface area (Å²) in [6.07, 6.45) is 0.939. The van der Waals surface area contributed by atoms with E-state index in [1.54, 1.807) is 0 Å². The van der Waals surface area contributed by atoms with Crippen molar-refractivity contribution in [3.05, 3.63) is 45.7 Å². The van der Waals surface area contributed by atoms with Gasteiger partial charge < -0.3 is 4.74 Å². The third-order valence-electron chi connectivity index (χ3n) is 3.12. The molecular formula is C15H18BrClN2O. The van der Waals surface area contributed by atoms with Gasteiger partial charge in [0.25, 0.3) is 0 Å². The monoisotopic (exact) mass is 356 g/mol. The minimum atomic E-state index is 0.463. The quantitative estimate of drug-likeness (QED) is 0.709. The van der Waals surface area contributed by atoms with E-state index in [-0.39, 0.29) is 0 Å². The molecule has 0 aliphatic heterocycles. The van der Waals surface area contributed by atoms with E-state index in [1.165, 1.54) is 0 Å². The van der Waals surface area contributed by atoms with Crippen molar-refractivity contribution in [2.24, 2.45) is 0 Å². The first kappa shape index (κ1) is 15.4. The van der Waals surface area contributed by atoms with Gasteiger partial charge in [-0.3, -0.25) is 4.68 Å². The average Bonchev–Trinajstić information content (AvgIpc) is 2.88. The van der Waals surface area contributed by atoms with Crippen LogP contribution in [0.5, 0.6) is 5.75 Å². The highest BCUT2D eigenvalue weighted by Gasteiger charge is 2.07. The maximum Gasteiger partial charge on any atom is 0.130 e. The molecule has 0 unspecified atom stereocenters. The summed E-state index contributed by atoms with van der Waals surface area (Å²) < 4.78 is 8.84. The second-order valence-electron chi connectivity index (χ2n) is 4.47. The van der Waals surface area contributed by atoms with Crippen molar-refractivity contribution in [3.63, 3.8) is 0 Å².